The zero-order valence-corrected chi connectivity index (χ0v) is 15.7. The molecule has 0 radical (unpaired) electrons. The van der Waals surface area contributed by atoms with E-state index in [4.69, 9.17) is 4.74 Å². The lowest BCUT2D eigenvalue weighted by Crippen LogP contribution is -2.28. The lowest BCUT2D eigenvalue weighted by Gasteiger charge is -2.20. The lowest BCUT2D eigenvalue weighted by molar-refractivity contribution is -0.383. The largest absolute Gasteiger partial charge is 0.497 e. The number of nitro groups is 1. The van der Waals surface area contributed by atoms with Gasteiger partial charge in [-0.2, -0.15) is 0 Å². The normalized spacial score (nSPS) is 16.1. The lowest BCUT2D eigenvalue weighted by atomic mass is 10.1. The van der Waals surface area contributed by atoms with E-state index in [1.165, 1.54) is 25.3 Å². The molecule has 1 heterocycles. The van der Waals surface area contributed by atoms with E-state index in [1.807, 2.05) is 31.2 Å². The molecule has 28 heavy (non-hydrogen) atoms. The van der Waals surface area contributed by atoms with Crippen LogP contribution in [0.4, 0.5) is 17.1 Å². The summed E-state index contributed by atoms with van der Waals surface area (Å²) >= 11 is 0. The van der Waals surface area contributed by atoms with Crippen molar-refractivity contribution in [3.63, 3.8) is 0 Å². The number of nitrogens with zero attached hydrogens (tertiary/aromatic N) is 2. The van der Waals surface area contributed by atoms with Gasteiger partial charge in [0.05, 0.1) is 18.0 Å². The Hall–Kier alpha value is -3.42. The Bertz CT molecular complexity index is 928. The van der Waals surface area contributed by atoms with E-state index < -0.39 is 16.7 Å². The van der Waals surface area contributed by atoms with E-state index in [2.05, 4.69) is 5.32 Å². The molecule has 146 valence electrons. The van der Waals surface area contributed by atoms with Crippen molar-refractivity contribution in [1.82, 2.24) is 0 Å². The number of benzene rings is 2. The number of aryl methyl sites for hydroxylation is 1. The van der Waals surface area contributed by atoms with Gasteiger partial charge in [0.25, 0.3) is 5.69 Å². The van der Waals surface area contributed by atoms with Crippen LogP contribution in [-0.4, -0.2) is 30.4 Å². The second-order valence-corrected chi connectivity index (χ2v) is 6.52. The highest BCUT2D eigenvalue weighted by atomic mass is 16.6. The first-order valence-corrected chi connectivity index (χ1v) is 8.96. The summed E-state index contributed by atoms with van der Waals surface area (Å²) in [6.07, 6.45) is 0.828. The van der Waals surface area contributed by atoms with Crippen LogP contribution in [0.5, 0.6) is 5.75 Å². The van der Waals surface area contributed by atoms with Crippen molar-refractivity contribution < 1.29 is 19.2 Å². The quantitative estimate of drug-likeness (QED) is 0.610. The molecule has 1 aliphatic heterocycles. The average Bonchev–Trinajstić information content (AvgIpc) is 3.09. The number of ether oxygens (including phenoxy) is 1. The molecule has 1 saturated heterocycles. The van der Waals surface area contributed by atoms with Gasteiger partial charge in [-0.05, 0) is 24.1 Å². The minimum Gasteiger partial charge on any atom is -0.497 e. The second kappa shape index (κ2) is 8.08. The number of anilines is 2. The van der Waals surface area contributed by atoms with E-state index in [1.54, 1.807) is 4.90 Å². The monoisotopic (exact) mass is 383 g/mol. The van der Waals surface area contributed by atoms with Gasteiger partial charge in [-0.3, -0.25) is 19.7 Å². The van der Waals surface area contributed by atoms with Crippen molar-refractivity contribution in [2.24, 2.45) is 5.92 Å². The fraction of sp³-hybridized carbons (Fsp3) is 0.300. The number of para-hydroxylation sites is 1. The molecule has 8 heteroatoms. The summed E-state index contributed by atoms with van der Waals surface area (Å²) in [5, 5.41) is 13.8. The predicted molar refractivity (Wildman–Crippen MR) is 105 cm³/mol. The van der Waals surface area contributed by atoms with Gasteiger partial charge >= 0.3 is 0 Å². The smallest absolute Gasteiger partial charge is 0.293 e. The molecule has 0 aromatic heterocycles. The standard InChI is InChI=1S/C20H21N3O5/c1-3-13-6-4-5-7-17(13)22-12-14(10-19(22)24)20(25)21-16-11-15(28-2)8-9-18(16)23(26)27/h4-9,11,14H,3,10,12H2,1-2H3,(H,21,25)/t14-/m1/s1. The van der Waals surface area contributed by atoms with Gasteiger partial charge in [0, 0.05) is 30.8 Å². The van der Waals surface area contributed by atoms with Gasteiger partial charge in [-0.25, -0.2) is 0 Å². The number of carbonyl (C=O) groups excluding carboxylic acids is 2. The molecule has 2 aromatic rings. The van der Waals surface area contributed by atoms with Crippen molar-refractivity contribution in [2.75, 3.05) is 23.9 Å². The zero-order valence-electron chi connectivity index (χ0n) is 15.7. The average molecular weight is 383 g/mol. The van der Waals surface area contributed by atoms with Gasteiger partial charge in [-0.1, -0.05) is 25.1 Å². The highest BCUT2D eigenvalue weighted by Gasteiger charge is 2.36. The maximum atomic E-state index is 12.7. The molecular weight excluding hydrogens is 362 g/mol. The first kappa shape index (κ1) is 19.3. The van der Waals surface area contributed by atoms with Gasteiger partial charge in [0.15, 0.2) is 0 Å². The first-order valence-electron chi connectivity index (χ1n) is 8.96. The number of methoxy groups -OCH3 is 1. The Labute approximate surface area is 162 Å². The number of hydrogen-bond acceptors (Lipinski definition) is 5. The summed E-state index contributed by atoms with van der Waals surface area (Å²) in [5.74, 6) is -0.771. The molecule has 0 spiro atoms. The molecule has 2 amide bonds. The number of nitro benzene ring substituents is 1. The number of carbonyl (C=O) groups is 2. The third kappa shape index (κ3) is 3.80. The Morgan fingerprint density at radius 2 is 2.07 bits per heavy atom. The maximum Gasteiger partial charge on any atom is 0.293 e. The van der Waals surface area contributed by atoms with Gasteiger partial charge < -0.3 is 15.0 Å². The molecular formula is C20H21N3O5. The third-order valence-electron chi connectivity index (χ3n) is 4.82. The summed E-state index contributed by atoms with van der Waals surface area (Å²) in [6, 6.07) is 11.7. The van der Waals surface area contributed by atoms with Crippen molar-refractivity contribution in [2.45, 2.75) is 19.8 Å². The van der Waals surface area contributed by atoms with Crippen molar-refractivity contribution >= 4 is 28.9 Å². The van der Waals surface area contributed by atoms with Crippen LogP contribution in [0.3, 0.4) is 0 Å². The van der Waals surface area contributed by atoms with Gasteiger partial charge in [-0.15, -0.1) is 0 Å². The first-order chi connectivity index (χ1) is 13.4. The molecule has 0 bridgehead atoms. The molecule has 0 saturated carbocycles. The van der Waals surface area contributed by atoms with Crippen molar-refractivity contribution in [3.05, 3.63) is 58.1 Å². The Kier molecular flexibility index (Phi) is 5.58. The Morgan fingerprint density at radius 3 is 2.75 bits per heavy atom. The predicted octanol–water partition coefficient (Wildman–Crippen LogP) is 3.16. The molecule has 8 nitrogen and oxygen atoms in total. The van der Waals surface area contributed by atoms with E-state index in [-0.39, 0.29) is 30.2 Å². The second-order valence-electron chi connectivity index (χ2n) is 6.52. The molecule has 1 N–H and O–H groups in total. The van der Waals surface area contributed by atoms with E-state index in [9.17, 15) is 19.7 Å². The number of nitrogens with one attached hydrogen (secondary N) is 1. The summed E-state index contributed by atoms with van der Waals surface area (Å²) < 4.78 is 5.08. The fourth-order valence-electron chi connectivity index (χ4n) is 3.33. The summed E-state index contributed by atoms with van der Waals surface area (Å²) in [5.41, 5.74) is 1.65. The summed E-state index contributed by atoms with van der Waals surface area (Å²) in [4.78, 5) is 37.5. The summed E-state index contributed by atoms with van der Waals surface area (Å²) in [7, 11) is 1.44. The van der Waals surface area contributed by atoms with Crippen LogP contribution < -0.4 is 15.0 Å². The van der Waals surface area contributed by atoms with E-state index >= 15 is 0 Å². The van der Waals surface area contributed by atoms with E-state index in [0.29, 0.717) is 5.75 Å². The number of hydrogen-bond donors (Lipinski definition) is 1. The zero-order chi connectivity index (χ0) is 20.3. The van der Waals surface area contributed by atoms with Crippen LogP contribution in [0.2, 0.25) is 0 Å². The highest BCUT2D eigenvalue weighted by Crippen LogP contribution is 2.32. The molecule has 0 unspecified atom stereocenters. The van der Waals surface area contributed by atoms with E-state index in [0.717, 1.165) is 17.7 Å². The minimum atomic E-state index is -0.594. The third-order valence-corrected chi connectivity index (χ3v) is 4.82. The van der Waals surface area contributed by atoms with Crippen LogP contribution in [0.1, 0.15) is 18.9 Å². The Balaban J connectivity index is 1.80. The fourth-order valence-corrected chi connectivity index (χ4v) is 3.33. The molecule has 1 aliphatic rings. The van der Waals surface area contributed by atoms with Crippen LogP contribution in [0.15, 0.2) is 42.5 Å². The number of amides is 2. The van der Waals surface area contributed by atoms with Crippen molar-refractivity contribution in [1.29, 1.82) is 0 Å². The Morgan fingerprint density at radius 1 is 1.32 bits per heavy atom. The van der Waals surface area contributed by atoms with Crippen LogP contribution in [0, 0.1) is 16.0 Å². The topological polar surface area (TPSA) is 102 Å². The van der Waals surface area contributed by atoms with Crippen LogP contribution in [0.25, 0.3) is 0 Å². The van der Waals surface area contributed by atoms with Crippen molar-refractivity contribution in [3.8, 4) is 5.75 Å². The molecule has 3 rings (SSSR count). The molecule has 0 aliphatic carbocycles. The highest BCUT2D eigenvalue weighted by molar-refractivity contribution is 6.04. The van der Waals surface area contributed by atoms with Gasteiger partial charge in [0.2, 0.25) is 11.8 Å². The maximum absolute atomic E-state index is 12.7. The minimum absolute atomic E-state index is 0.0502. The number of rotatable bonds is 6. The summed E-state index contributed by atoms with van der Waals surface area (Å²) in [6.45, 7) is 2.24. The van der Waals surface area contributed by atoms with Crippen LogP contribution >= 0.6 is 0 Å². The molecule has 2 aromatic carbocycles. The molecule has 1 atom stereocenters. The molecule has 1 fully saturated rings. The van der Waals surface area contributed by atoms with Gasteiger partial charge in [0.1, 0.15) is 11.4 Å². The SMILES string of the molecule is CCc1ccccc1N1C[C@H](C(=O)Nc2cc(OC)ccc2[N+](=O)[O-])CC1=O. The van der Waals surface area contributed by atoms with Crippen LogP contribution in [-0.2, 0) is 16.0 Å².